The van der Waals surface area contributed by atoms with Crippen LogP contribution >= 0.6 is 0 Å². The van der Waals surface area contributed by atoms with Gasteiger partial charge in [0.2, 0.25) is 0 Å². The summed E-state index contributed by atoms with van der Waals surface area (Å²) in [5.41, 5.74) is 6.92. The van der Waals surface area contributed by atoms with Crippen LogP contribution in [-0.4, -0.2) is 9.97 Å². The Morgan fingerprint density at radius 1 is 0.543 bits per heavy atom. The third kappa shape index (κ3) is 7.42. The molecule has 3 aromatic carbocycles. The largest absolute Gasteiger partial charge is 0.337 e. The highest BCUT2D eigenvalue weighted by Crippen LogP contribution is 2.33. The van der Waals surface area contributed by atoms with E-state index >= 15 is 0 Å². The molecule has 0 spiro atoms. The second-order valence-corrected chi connectivity index (χ2v) is 9.67. The molecular weight excluding hydrogens is 424 g/mol. The molecule has 4 rings (SSSR count). The summed E-state index contributed by atoms with van der Waals surface area (Å²) in [5, 5.41) is 0. The van der Waals surface area contributed by atoms with Crippen molar-refractivity contribution in [1.82, 2.24) is 9.97 Å². The van der Waals surface area contributed by atoms with E-state index in [1.165, 1.54) is 76.2 Å². The summed E-state index contributed by atoms with van der Waals surface area (Å²) in [5.74, 6) is 0.924. The number of nitrogens with zero attached hydrogens (tertiary/aromatic N) is 1. The maximum absolute atomic E-state index is 5.03. The third-order valence-electron chi connectivity index (χ3n) is 6.86. The SMILES string of the molecule is CCCCCCCCCCCCc1ccc(-c2nc(-c3ccccc3)c(-c3ccccc3)[nH]2)cc1. The average Bonchev–Trinajstić information content (AvgIpc) is 3.37. The van der Waals surface area contributed by atoms with E-state index in [0.29, 0.717) is 0 Å². The van der Waals surface area contributed by atoms with Gasteiger partial charge in [0.05, 0.1) is 11.4 Å². The Bertz CT molecular complexity index is 1050. The molecule has 4 aromatic rings. The maximum Gasteiger partial charge on any atom is 0.138 e. The van der Waals surface area contributed by atoms with Crippen molar-refractivity contribution in [2.75, 3.05) is 0 Å². The second kappa shape index (κ2) is 13.7. The molecule has 0 aliphatic carbocycles. The van der Waals surface area contributed by atoms with E-state index in [0.717, 1.165) is 33.9 Å². The van der Waals surface area contributed by atoms with Gasteiger partial charge in [-0.05, 0) is 18.4 Å². The van der Waals surface area contributed by atoms with Crippen molar-refractivity contribution < 1.29 is 0 Å². The van der Waals surface area contributed by atoms with Crippen molar-refractivity contribution in [2.24, 2.45) is 0 Å². The van der Waals surface area contributed by atoms with Gasteiger partial charge >= 0.3 is 0 Å². The lowest BCUT2D eigenvalue weighted by molar-refractivity contribution is 0.556. The van der Waals surface area contributed by atoms with Crippen LogP contribution in [0.5, 0.6) is 0 Å². The van der Waals surface area contributed by atoms with Gasteiger partial charge in [-0.1, -0.05) is 150 Å². The molecule has 1 heterocycles. The number of hydrogen-bond acceptors (Lipinski definition) is 1. The summed E-state index contributed by atoms with van der Waals surface area (Å²) in [6.07, 6.45) is 15.0. The summed E-state index contributed by atoms with van der Waals surface area (Å²) in [4.78, 5) is 8.64. The van der Waals surface area contributed by atoms with Gasteiger partial charge in [-0.2, -0.15) is 0 Å². The summed E-state index contributed by atoms with van der Waals surface area (Å²) in [7, 11) is 0. The van der Waals surface area contributed by atoms with Gasteiger partial charge in [0.1, 0.15) is 5.82 Å². The Morgan fingerprint density at radius 3 is 1.69 bits per heavy atom. The fraction of sp³-hybridized carbons (Fsp3) is 0.364. The van der Waals surface area contributed by atoms with Gasteiger partial charge in [-0.3, -0.25) is 0 Å². The predicted octanol–water partition coefficient (Wildman–Crippen LogP) is 9.87. The van der Waals surface area contributed by atoms with E-state index < -0.39 is 0 Å². The minimum Gasteiger partial charge on any atom is -0.337 e. The number of benzene rings is 3. The monoisotopic (exact) mass is 464 g/mol. The molecule has 2 heteroatoms. The number of hydrogen-bond donors (Lipinski definition) is 1. The van der Waals surface area contributed by atoms with Gasteiger partial charge in [-0.25, -0.2) is 4.98 Å². The van der Waals surface area contributed by atoms with Crippen molar-refractivity contribution in [3.63, 3.8) is 0 Å². The zero-order valence-corrected chi connectivity index (χ0v) is 21.3. The minimum absolute atomic E-state index is 0.924. The van der Waals surface area contributed by atoms with Gasteiger partial charge in [-0.15, -0.1) is 0 Å². The van der Waals surface area contributed by atoms with Gasteiger partial charge in [0, 0.05) is 16.7 Å². The third-order valence-corrected chi connectivity index (χ3v) is 6.86. The van der Waals surface area contributed by atoms with E-state index in [2.05, 4.69) is 90.8 Å². The molecule has 0 radical (unpaired) electrons. The van der Waals surface area contributed by atoms with Crippen LogP contribution in [0.2, 0.25) is 0 Å². The number of imidazole rings is 1. The second-order valence-electron chi connectivity index (χ2n) is 9.67. The number of rotatable bonds is 14. The lowest BCUT2D eigenvalue weighted by Gasteiger charge is -2.04. The van der Waals surface area contributed by atoms with Crippen molar-refractivity contribution in [1.29, 1.82) is 0 Å². The number of aromatic nitrogens is 2. The van der Waals surface area contributed by atoms with Crippen LogP contribution in [0.4, 0.5) is 0 Å². The highest BCUT2D eigenvalue weighted by Gasteiger charge is 2.15. The summed E-state index contributed by atoms with van der Waals surface area (Å²) in [6, 6.07) is 29.9. The van der Waals surface area contributed by atoms with E-state index in [-0.39, 0.29) is 0 Å². The molecule has 0 saturated carbocycles. The molecule has 0 saturated heterocycles. The molecule has 0 unspecified atom stereocenters. The first-order chi connectivity index (χ1) is 17.3. The summed E-state index contributed by atoms with van der Waals surface area (Å²) >= 11 is 0. The van der Waals surface area contributed by atoms with Crippen LogP contribution in [0.1, 0.15) is 76.7 Å². The number of H-pyrrole nitrogens is 1. The van der Waals surface area contributed by atoms with Crippen LogP contribution < -0.4 is 0 Å². The van der Waals surface area contributed by atoms with Gasteiger partial charge in [0.15, 0.2) is 0 Å². The molecule has 0 aliphatic heterocycles. The summed E-state index contributed by atoms with van der Waals surface area (Å²) < 4.78 is 0. The first-order valence-corrected chi connectivity index (χ1v) is 13.7. The number of unbranched alkanes of at least 4 members (excludes halogenated alkanes) is 9. The standard InChI is InChI=1S/C33H40N2/c1-2-3-4-5-6-7-8-9-10-13-18-27-23-25-30(26-24-27)33-34-31(28-19-14-11-15-20-28)32(35-33)29-21-16-12-17-22-29/h11-12,14-17,19-26H,2-10,13,18H2,1H3,(H,34,35). The van der Waals surface area contributed by atoms with Gasteiger partial charge < -0.3 is 4.98 Å². The fourth-order valence-corrected chi connectivity index (χ4v) is 4.77. The highest BCUT2D eigenvalue weighted by atomic mass is 14.9. The van der Waals surface area contributed by atoms with E-state index in [9.17, 15) is 0 Å². The first kappa shape index (κ1) is 25.0. The normalized spacial score (nSPS) is 11.1. The molecule has 35 heavy (non-hydrogen) atoms. The molecule has 0 fully saturated rings. The number of nitrogens with one attached hydrogen (secondary N) is 1. The number of aryl methyl sites for hydroxylation is 1. The Labute approximate surface area is 211 Å². The van der Waals surface area contributed by atoms with E-state index in [1.807, 2.05) is 6.07 Å². The van der Waals surface area contributed by atoms with Crippen LogP contribution in [0.15, 0.2) is 84.9 Å². The van der Waals surface area contributed by atoms with Crippen molar-refractivity contribution >= 4 is 0 Å². The van der Waals surface area contributed by atoms with E-state index in [4.69, 9.17) is 4.98 Å². The Kier molecular flexibility index (Phi) is 9.76. The zero-order valence-electron chi connectivity index (χ0n) is 21.3. The van der Waals surface area contributed by atoms with E-state index in [1.54, 1.807) is 0 Å². The lowest BCUT2D eigenvalue weighted by atomic mass is 10.0. The smallest absolute Gasteiger partial charge is 0.138 e. The molecule has 0 atom stereocenters. The highest BCUT2D eigenvalue weighted by molar-refractivity contribution is 5.81. The molecule has 0 bridgehead atoms. The Hall–Kier alpha value is -3.13. The molecule has 1 N–H and O–H groups in total. The molecule has 0 amide bonds. The predicted molar refractivity (Wildman–Crippen MR) is 150 cm³/mol. The molecule has 182 valence electrons. The molecular formula is C33H40N2. The van der Waals surface area contributed by atoms with Crippen LogP contribution in [-0.2, 0) is 6.42 Å². The van der Waals surface area contributed by atoms with Gasteiger partial charge in [0.25, 0.3) is 0 Å². The Balaban J connectivity index is 1.33. The topological polar surface area (TPSA) is 28.7 Å². The van der Waals surface area contributed by atoms with Crippen LogP contribution in [0, 0.1) is 0 Å². The van der Waals surface area contributed by atoms with Crippen molar-refractivity contribution in [2.45, 2.75) is 77.6 Å². The van der Waals surface area contributed by atoms with Crippen LogP contribution in [0.25, 0.3) is 33.9 Å². The average molecular weight is 465 g/mol. The fourth-order valence-electron chi connectivity index (χ4n) is 4.77. The quantitative estimate of drug-likeness (QED) is 0.185. The Morgan fingerprint density at radius 2 is 1.09 bits per heavy atom. The van der Waals surface area contributed by atoms with Crippen LogP contribution in [0.3, 0.4) is 0 Å². The lowest BCUT2D eigenvalue weighted by Crippen LogP contribution is -1.88. The minimum atomic E-state index is 0.924. The van der Waals surface area contributed by atoms with Crippen molar-refractivity contribution in [3.05, 3.63) is 90.5 Å². The molecule has 2 nitrogen and oxygen atoms in total. The molecule has 0 aliphatic rings. The molecule has 1 aromatic heterocycles. The van der Waals surface area contributed by atoms with Crippen molar-refractivity contribution in [3.8, 4) is 33.9 Å². The summed E-state index contributed by atoms with van der Waals surface area (Å²) in [6.45, 7) is 2.29. The first-order valence-electron chi connectivity index (χ1n) is 13.7. The number of aromatic amines is 1. The maximum atomic E-state index is 5.03. The zero-order chi connectivity index (χ0) is 24.1.